The van der Waals surface area contributed by atoms with Crippen LogP contribution < -0.4 is 0 Å². The maximum absolute atomic E-state index is 13.2. The highest BCUT2D eigenvalue weighted by Crippen LogP contribution is 2.23. The molecule has 3 heteroatoms. The number of aromatic amines is 1. The number of H-pyrrole nitrogens is 1. The lowest BCUT2D eigenvalue weighted by Crippen LogP contribution is -1.81. The van der Waals surface area contributed by atoms with Crippen LogP contribution in [0.5, 0.6) is 0 Å². The third-order valence-electron chi connectivity index (χ3n) is 1.81. The number of nitrogens with one attached hydrogen (secondary N) is 1. The van der Waals surface area contributed by atoms with Crippen LogP contribution in [0.15, 0.2) is 41.0 Å². The highest BCUT2D eigenvalue weighted by molar-refractivity contribution is 9.10. The monoisotopic (exact) mass is 239 g/mol. The van der Waals surface area contributed by atoms with E-state index in [2.05, 4.69) is 20.9 Å². The minimum absolute atomic E-state index is 0.211. The van der Waals surface area contributed by atoms with Crippen LogP contribution in [0.1, 0.15) is 0 Å². The molecule has 66 valence electrons. The molecule has 0 bridgehead atoms. The zero-order chi connectivity index (χ0) is 9.26. The number of halogens is 2. The van der Waals surface area contributed by atoms with Gasteiger partial charge in [0.1, 0.15) is 5.82 Å². The Morgan fingerprint density at radius 3 is 2.62 bits per heavy atom. The molecule has 2 aromatic rings. The molecule has 0 aliphatic carbocycles. The Morgan fingerprint density at radius 1 is 1.23 bits per heavy atom. The second kappa shape index (κ2) is 3.34. The van der Waals surface area contributed by atoms with Gasteiger partial charge >= 0.3 is 0 Å². The van der Waals surface area contributed by atoms with Gasteiger partial charge in [-0.15, -0.1) is 0 Å². The van der Waals surface area contributed by atoms with Crippen LogP contribution in [0.3, 0.4) is 0 Å². The molecule has 13 heavy (non-hydrogen) atoms. The molecule has 1 nitrogen and oxygen atoms in total. The van der Waals surface area contributed by atoms with Crippen LogP contribution in [0, 0.1) is 5.82 Å². The molecule has 0 atom stereocenters. The summed E-state index contributed by atoms with van der Waals surface area (Å²) in [5.74, 6) is -0.211. The molecule has 0 unspecified atom stereocenters. The van der Waals surface area contributed by atoms with Crippen molar-refractivity contribution in [2.45, 2.75) is 0 Å². The van der Waals surface area contributed by atoms with Crippen LogP contribution in [0.2, 0.25) is 0 Å². The van der Waals surface area contributed by atoms with Gasteiger partial charge in [0.15, 0.2) is 0 Å². The number of hydrogen-bond acceptors (Lipinski definition) is 0. The Morgan fingerprint density at radius 2 is 2.00 bits per heavy atom. The van der Waals surface area contributed by atoms with Gasteiger partial charge in [0.25, 0.3) is 0 Å². The van der Waals surface area contributed by atoms with E-state index in [1.165, 1.54) is 6.07 Å². The van der Waals surface area contributed by atoms with Gasteiger partial charge in [-0.2, -0.15) is 0 Å². The summed E-state index contributed by atoms with van der Waals surface area (Å²) in [6.07, 6.45) is 1.78. The molecule has 1 heterocycles. The summed E-state index contributed by atoms with van der Waals surface area (Å²) in [7, 11) is 0. The van der Waals surface area contributed by atoms with E-state index >= 15 is 0 Å². The van der Waals surface area contributed by atoms with Crippen molar-refractivity contribution >= 4 is 15.9 Å². The molecule has 0 aliphatic heterocycles. The van der Waals surface area contributed by atoms with E-state index in [0.717, 1.165) is 10.2 Å². The molecule has 0 saturated heterocycles. The van der Waals surface area contributed by atoms with E-state index in [4.69, 9.17) is 0 Å². The first-order valence-corrected chi connectivity index (χ1v) is 4.65. The number of aromatic nitrogens is 1. The number of benzene rings is 1. The molecule has 2 rings (SSSR count). The first-order valence-electron chi connectivity index (χ1n) is 3.86. The van der Waals surface area contributed by atoms with Gasteiger partial charge in [-0.1, -0.05) is 12.1 Å². The standard InChI is InChI=1S/C10H7BrFN/c11-7-5-10(13-6-7)8-3-1-2-4-9(8)12/h1-6,13H. The van der Waals surface area contributed by atoms with E-state index in [1.54, 1.807) is 18.3 Å². The lowest BCUT2D eigenvalue weighted by Gasteiger charge is -1.98. The third kappa shape index (κ3) is 1.65. The summed E-state index contributed by atoms with van der Waals surface area (Å²) in [6, 6.07) is 8.53. The Kier molecular flexibility index (Phi) is 2.19. The van der Waals surface area contributed by atoms with Gasteiger partial charge in [0.05, 0.1) is 0 Å². The molecule has 0 spiro atoms. The first-order chi connectivity index (χ1) is 6.27. The van der Waals surface area contributed by atoms with Gasteiger partial charge < -0.3 is 4.98 Å². The fourth-order valence-corrected chi connectivity index (χ4v) is 1.55. The minimum atomic E-state index is -0.211. The fourth-order valence-electron chi connectivity index (χ4n) is 1.20. The zero-order valence-electron chi connectivity index (χ0n) is 6.72. The van der Waals surface area contributed by atoms with Crippen LogP contribution in [0.4, 0.5) is 4.39 Å². The molecule has 0 fully saturated rings. The van der Waals surface area contributed by atoms with Gasteiger partial charge in [-0.3, -0.25) is 0 Å². The maximum atomic E-state index is 13.2. The van der Waals surface area contributed by atoms with E-state index < -0.39 is 0 Å². The summed E-state index contributed by atoms with van der Waals surface area (Å²) in [5, 5.41) is 0. The molecule has 0 radical (unpaired) electrons. The minimum Gasteiger partial charge on any atom is -0.360 e. The average molecular weight is 240 g/mol. The summed E-state index contributed by atoms with van der Waals surface area (Å²) in [6.45, 7) is 0. The van der Waals surface area contributed by atoms with Crippen molar-refractivity contribution in [2.75, 3.05) is 0 Å². The topological polar surface area (TPSA) is 15.8 Å². The van der Waals surface area contributed by atoms with Gasteiger partial charge in [-0.25, -0.2) is 4.39 Å². The highest BCUT2D eigenvalue weighted by atomic mass is 79.9. The molecular formula is C10H7BrFN. The van der Waals surface area contributed by atoms with Crippen LogP contribution >= 0.6 is 15.9 Å². The fraction of sp³-hybridized carbons (Fsp3) is 0. The largest absolute Gasteiger partial charge is 0.360 e. The van der Waals surface area contributed by atoms with Gasteiger partial charge in [0, 0.05) is 21.9 Å². The molecular weight excluding hydrogens is 233 g/mol. The molecule has 0 saturated carbocycles. The summed E-state index contributed by atoms with van der Waals surface area (Å²) in [5.41, 5.74) is 1.37. The van der Waals surface area contributed by atoms with E-state index in [0.29, 0.717) is 5.56 Å². The van der Waals surface area contributed by atoms with E-state index in [9.17, 15) is 4.39 Å². The van der Waals surface area contributed by atoms with E-state index in [-0.39, 0.29) is 5.82 Å². The van der Waals surface area contributed by atoms with Crippen molar-refractivity contribution in [1.82, 2.24) is 4.98 Å². The van der Waals surface area contributed by atoms with Gasteiger partial charge in [0.2, 0.25) is 0 Å². The molecule has 1 N–H and O–H groups in total. The lowest BCUT2D eigenvalue weighted by atomic mass is 10.1. The Labute approximate surface area is 83.7 Å². The summed E-state index contributed by atoms with van der Waals surface area (Å²) in [4.78, 5) is 2.98. The normalized spacial score (nSPS) is 10.3. The average Bonchev–Trinajstić information content (AvgIpc) is 2.53. The summed E-state index contributed by atoms with van der Waals surface area (Å²) < 4.78 is 14.2. The van der Waals surface area contributed by atoms with Crippen LogP contribution in [0.25, 0.3) is 11.3 Å². The lowest BCUT2D eigenvalue weighted by molar-refractivity contribution is 0.631. The summed E-state index contributed by atoms with van der Waals surface area (Å²) >= 11 is 3.30. The van der Waals surface area contributed by atoms with Crippen molar-refractivity contribution in [3.05, 3.63) is 46.8 Å². The number of rotatable bonds is 1. The third-order valence-corrected chi connectivity index (χ3v) is 2.27. The van der Waals surface area contributed by atoms with Crippen LogP contribution in [-0.4, -0.2) is 4.98 Å². The highest BCUT2D eigenvalue weighted by Gasteiger charge is 2.04. The molecule has 0 amide bonds. The first kappa shape index (κ1) is 8.51. The molecule has 0 aliphatic rings. The SMILES string of the molecule is Fc1ccccc1-c1cc(Br)c[nH]1. The second-order valence-corrected chi connectivity index (χ2v) is 3.63. The van der Waals surface area contributed by atoms with Gasteiger partial charge in [-0.05, 0) is 34.1 Å². The van der Waals surface area contributed by atoms with Crippen molar-refractivity contribution in [3.8, 4) is 11.3 Å². The van der Waals surface area contributed by atoms with Crippen LogP contribution in [-0.2, 0) is 0 Å². The van der Waals surface area contributed by atoms with E-state index in [1.807, 2.05) is 12.1 Å². The second-order valence-electron chi connectivity index (χ2n) is 2.71. The Bertz CT molecular complexity index is 422. The van der Waals surface area contributed by atoms with Crippen molar-refractivity contribution in [2.24, 2.45) is 0 Å². The molecule has 1 aromatic carbocycles. The Balaban J connectivity index is 2.52. The predicted molar refractivity (Wildman–Crippen MR) is 53.9 cm³/mol. The zero-order valence-corrected chi connectivity index (χ0v) is 8.31. The van der Waals surface area contributed by atoms with Crippen molar-refractivity contribution < 1.29 is 4.39 Å². The quantitative estimate of drug-likeness (QED) is 0.784. The van der Waals surface area contributed by atoms with Crippen molar-refractivity contribution in [3.63, 3.8) is 0 Å². The molecule has 1 aromatic heterocycles. The predicted octanol–water partition coefficient (Wildman–Crippen LogP) is 3.58. The maximum Gasteiger partial charge on any atom is 0.132 e. The number of hydrogen-bond donors (Lipinski definition) is 1. The Hall–Kier alpha value is -1.09. The smallest absolute Gasteiger partial charge is 0.132 e. The van der Waals surface area contributed by atoms with Crippen molar-refractivity contribution in [1.29, 1.82) is 0 Å².